The van der Waals surface area contributed by atoms with Crippen molar-refractivity contribution >= 4 is 10.1 Å². The number of hydrogen-bond acceptors (Lipinski definition) is 4. The topological polar surface area (TPSA) is 77.4 Å². The third-order valence-electron chi connectivity index (χ3n) is 5.99. The van der Waals surface area contributed by atoms with Gasteiger partial charge >= 0.3 is 51.4 Å². The van der Waals surface area contributed by atoms with Gasteiger partial charge in [0.2, 0.25) is 0 Å². The summed E-state index contributed by atoms with van der Waals surface area (Å²) in [6.07, 6.45) is 20.8. The van der Waals surface area contributed by atoms with Gasteiger partial charge < -0.3 is 9.66 Å². The largest absolute Gasteiger partial charge is 1.00 e. The maximum absolute atomic E-state index is 11.4. The van der Waals surface area contributed by atoms with Crippen LogP contribution < -0.4 is 51.4 Å². The molecule has 0 aliphatic rings. The third-order valence-corrected chi connectivity index (χ3v) is 7.28. The van der Waals surface area contributed by atoms with Crippen molar-refractivity contribution in [2.24, 2.45) is 0 Å². The zero-order valence-corrected chi connectivity index (χ0v) is 24.3. The van der Waals surface area contributed by atoms with Crippen molar-refractivity contribution in [3.8, 4) is 0 Å². The van der Waals surface area contributed by atoms with E-state index in [1.54, 1.807) is 0 Å². The molecule has 0 heterocycles. The molecule has 0 aromatic carbocycles. The van der Waals surface area contributed by atoms with Crippen LogP contribution in [0, 0.1) is 0 Å². The summed E-state index contributed by atoms with van der Waals surface area (Å²) in [5.41, 5.74) is 0. The zero-order chi connectivity index (χ0) is 21.8. The molecular formula is C24H49KO4S. The Kier molecular flexibility index (Phi) is 26.6. The number of unbranched alkanes of at least 4 members (excludes halogenated alkanes) is 13. The van der Waals surface area contributed by atoms with Gasteiger partial charge in [-0.2, -0.15) is 0 Å². The van der Waals surface area contributed by atoms with Crippen LogP contribution in [0.15, 0.2) is 0 Å². The minimum Gasteiger partial charge on any atom is -0.748 e. The second kappa shape index (κ2) is 23.7. The first-order chi connectivity index (χ1) is 13.9. The van der Waals surface area contributed by atoms with Gasteiger partial charge in [0.25, 0.3) is 0 Å². The summed E-state index contributed by atoms with van der Waals surface area (Å²) in [6, 6.07) is 0. The van der Waals surface area contributed by atoms with Gasteiger partial charge in [0.05, 0.1) is 16.2 Å². The second-order valence-corrected chi connectivity index (χ2v) is 10.5. The van der Waals surface area contributed by atoms with E-state index in [4.69, 9.17) is 0 Å². The molecule has 0 spiro atoms. The Labute approximate surface area is 230 Å². The molecule has 0 bridgehead atoms. The van der Waals surface area contributed by atoms with Crippen LogP contribution in [0.1, 0.15) is 142 Å². The fourth-order valence-electron chi connectivity index (χ4n) is 4.00. The Bertz CT molecular complexity index is 442. The van der Waals surface area contributed by atoms with Gasteiger partial charge in [-0.25, -0.2) is 8.42 Å². The number of hydrogen-bond donors (Lipinski definition) is 1. The number of rotatable bonds is 22. The van der Waals surface area contributed by atoms with Crippen molar-refractivity contribution in [1.29, 1.82) is 0 Å². The van der Waals surface area contributed by atoms with Crippen LogP contribution >= 0.6 is 0 Å². The molecule has 1 N–H and O–H groups in total. The molecule has 30 heavy (non-hydrogen) atoms. The molecule has 0 aromatic heterocycles. The van der Waals surface area contributed by atoms with Crippen molar-refractivity contribution < 1.29 is 69.5 Å². The summed E-state index contributed by atoms with van der Waals surface area (Å²) in [4.78, 5) is 0. The maximum Gasteiger partial charge on any atom is 1.00 e. The molecule has 0 aromatic rings. The van der Waals surface area contributed by atoms with Crippen molar-refractivity contribution in [3.63, 3.8) is 0 Å². The smallest absolute Gasteiger partial charge is 0.748 e. The van der Waals surface area contributed by atoms with Crippen molar-refractivity contribution in [2.45, 2.75) is 154 Å². The third kappa shape index (κ3) is 22.7. The fourth-order valence-corrected chi connectivity index (χ4v) is 4.91. The Morgan fingerprint density at radius 1 is 0.600 bits per heavy atom. The standard InChI is InChI=1S/C24H50O4S.K/c1-3-5-7-15-19-23(25)20-16-13-11-9-10-12-14-18-22-24(29(26,27)28)21-17-8-6-4-2;/h23-25H,3-22H2,1-2H3,(H,26,27,28);/q;+1/p-1. The van der Waals surface area contributed by atoms with Crippen LogP contribution in [0.3, 0.4) is 0 Å². The van der Waals surface area contributed by atoms with Gasteiger partial charge in [0, 0.05) is 5.25 Å². The van der Waals surface area contributed by atoms with E-state index in [0.717, 1.165) is 70.6 Å². The molecule has 0 fully saturated rings. The SMILES string of the molecule is CCCCCCC(O)CCCCCCCCCCC(CCCCCC)S(=O)(=O)[O-].[K+]. The molecular weight excluding hydrogens is 423 g/mol. The van der Waals surface area contributed by atoms with Gasteiger partial charge in [-0.15, -0.1) is 0 Å². The normalized spacial score (nSPS) is 13.7. The Balaban J connectivity index is 0. The monoisotopic (exact) mass is 472 g/mol. The number of aliphatic hydroxyl groups is 1. The molecule has 2 unspecified atom stereocenters. The molecule has 2 atom stereocenters. The van der Waals surface area contributed by atoms with Gasteiger partial charge in [-0.05, 0) is 25.7 Å². The predicted molar refractivity (Wildman–Crippen MR) is 123 cm³/mol. The van der Waals surface area contributed by atoms with E-state index < -0.39 is 15.4 Å². The van der Waals surface area contributed by atoms with E-state index in [2.05, 4.69) is 13.8 Å². The van der Waals surface area contributed by atoms with Crippen molar-refractivity contribution in [3.05, 3.63) is 0 Å². The second-order valence-electron chi connectivity index (χ2n) is 8.87. The van der Waals surface area contributed by atoms with Gasteiger partial charge in [0.15, 0.2) is 0 Å². The first kappa shape index (κ1) is 33.7. The summed E-state index contributed by atoms with van der Waals surface area (Å²) in [6.45, 7) is 4.33. The van der Waals surface area contributed by atoms with Crippen molar-refractivity contribution in [1.82, 2.24) is 0 Å². The molecule has 0 amide bonds. The molecule has 0 aliphatic heterocycles. The summed E-state index contributed by atoms with van der Waals surface area (Å²) < 4.78 is 34.3. The molecule has 6 heteroatoms. The zero-order valence-electron chi connectivity index (χ0n) is 20.4. The average molecular weight is 473 g/mol. The predicted octanol–water partition coefficient (Wildman–Crippen LogP) is 4.11. The van der Waals surface area contributed by atoms with E-state index >= 15 is 0 Å². The van der Waals surface area contributed by atoms with Crippen molar-refractivity contribution in [2.75, 3.05) is 0 Å². The summed E-state index contributed by atoms with van der Waals surface area (Å²) in [5, 5.41) is 9.29. The summed E-state index contributed by atoms with van der Waals surface area (Å²) >= 11 is 0. The quantitative estimate of drug-likeness (QED) is 0.146. The minimum atomic E-state index is -4.15. The maximum atomic E-state index is 11.4. The summed E-state index contributed by atoms with van der Waals surface area (Å²) in [7, 11) is -4.15. The minimum absolute atomic E-state index is 0. The van der Waals surface area contributed by atoms with Gasteiger partial charge in [-0.1, -0.05) is 117 Å². The molecule has 0 saturated carbocycles. The van der Waals surface area contributed by atoms with E-state index in [1.165, 1.54) is 44.9 Å². The number of aliphatic hydroxyl groups excluding tert-OH is 1. The fraction of sp³-hybridized carbons (Fsp3) is 1.00. The van der Waals surface area contributed by atoms with Crippen LogP contribution in [0.2, 0.25) is 0 Å². The van der Waals surface area contributed by atoms with Crippen LogP contribution in [-0.4, -0.2) is 29.4 Å². The molecule has 176 valence electrons. The van der Waals surface area contributed by atoms with E-state index in [9.17, 15) is 18.1 Å². The first-order valence-electron chi connectivity index (χ1n) is 12.5. The van der Waals surface area contributed by atoms with Gasteiger partial charge in [0.1, 0.15) is 0 Å². The van der Waals surface area contributed by atoms with Gasteiger partial charge in [-0.3, -0.25) is 0 Å². The summed E-state index contributed by atoms with van der Waals surface area (Å²) in [5.74, 6) is 0. The molecule has 0 saturated heterocycles. The average Bonchev–Trinajstić information content (AvgIpc) is 2.67. The Hall–Kier alpha value is 1.51. The van der Waals surface area contributed by atoms with Crippen LogP contribution in [0.25, 0.3) is 0 Å². The molecule has 0 radical (unpaired) electrons. The van der Waals surface area contributed by atoms with E-state index in [0.29, 0.717) is 12.8 Å². The van der Waals surface area contributed by atoms with Crippen LogP contribution in [0.5, 0.6) is 0 Å². The van der Waals surface area contributed by atoms with E-state index in [-0.39, 0.29) is 57.5 Å². The Morgan fingerprint density at radius 2 is 0.900 bits per heavy atom. The van der Waals surface area contributed by atoms with Crippen LogP contribution in [0.4, 0.5) is 0 Å². The molecule has 0 aliphatic carbocycles. The van der Waals surface area contributed by atoms with Crippen LogP contribution in [-0.2, 0) is 10.1 Å². The first-order valence-corrected chi connectivity index (χ1v) is 14.0. The molecule has 0 rings (SSSR count). The Morgan fingerprint density at radius 3 is 1.23 bits per heavy atom. The van der Waals surface area contributed by atoms with E-state index in [1.807, 2.05) is 0 Å². The molecule has 4 nitrogen and oxygen atoms in total.